The number of anilines is 1. The van der Waals surface area contributed by atoms with Gasteiger partial charge in [-0.1, -0.05) is 24.8 Å². The van der Waals surface area contributed by atoms with Gasteiger partial charge in [0.2, 0.25) is 0 Å². The Labute approximate surface area is 178 Å². The van der Waals surface area contributed by atoms with Gasteiger partial charge >= 0.3 is 0 Å². The maximum atomic E-state index is 9.36. The van der Waals surface area contributed by atoms with Crippen molar-refractivity contribution in [2.45, 2.75) is 33.7 Å². The molecule has 1 aliphatic heterocycles. The predicted octanol–water partition coefficient (Wildman–Crippen LogP) is 2.57. The zero-order valence-corrected chi connectivity index (χ0v) is 18.2. The lowest BCUT2D eigenvalue weighted by Crippen LogP contribution is -2.38. The topological polar surface area (TPSA) is 74.1 Å². The highest BCUT2D eigenvalue weighted by Gasteiger charge is 2.15. The minimum absolute atomic E-state index is 0.0381. The van der Waals surface area contributed by atoms with E-state index >= 15 is 0 Å². The van der Waals surface area contributed by atoms with E-state index in [2.05, 4.69) is 52.1 Å². The second-order valence-corrected chi connectivity index (χ2v) is 7.48. The molecule has 1 fully saturated rings. The smallest absolute Gasteiger partial charge is 0.157 e. The first kappa shape index (κ1) is 21.5. The van der Waals surface area contributed by atoms with Gasteiger partial charge in [0.1, 0.15) is 0 Å². The van der Waals surface area contributed by atoms with Crippen molar-refractivity contribution in [1.29, 1.82) is 5.26 Å². The summed E-state index contributed by atoms with van der Waals surface area (Å²) in [5.74, 6) is 0.706. The van der Waals surface area contributed by atoms with Crippen molar-refractivity contribution in [1.82, 2.24) is 15.1 Å². The third kappa shape index (κ3) is 4.52. The van der Waals surface area contributed by atoms with Crippen molar-refractivity contribution in [3.63, 3.8) is 0 Å². The van der Waals surface area contributed by atoms with Crippen LogP contribution in [0.25, 0.3) is 12.2 Å². The molecule has 3 rings (SSSR count). The summed E-state index contributed by atoms with van der Waals surface area (Å²) < 4.78 is 5.46. The Morgan fingerprint density at radius 1 is 1.27 bits per heavy atom. The standard InChI is InChI=1S/C24H29N5O/c1-6-21-19(5)27-28-24(23(21)14-16(2)29-10-12-30-13-11-29)26-18(4)22-9-7-8-20(15-25)17(22)3/h6-9,14,18H,2,10-13H2,1,3-5H3,(H,26,28)/b21-6-,23-14+/t18-/m1/s1. The van der Waals surface area contributed by atoms with Crippen LogP contribution in [0.15, 0.2) is 30.5 Å². The van der Waals surface area contributed by atoms with Gasteiger partial charge in [0.05, 0.1) is 36.6 Å². The first-order chi connectivity index (χ1) is 14.5. The molecule has 1 aromatic carbocycles. The Balaban J connectivity index is 2.02. The summed E-state index contributed by atoms with van der Waals surface area (Å²) in [5.41, 5.74) is 4.54. The Bertz CT molecular complexity index is 1090. The first-order valence-corrected chi connectivity index (χ1v) is 10.2. The molecule has 0 saturated carbocycles. The molecule has 1 aliphatic rings. The highest BCUT2D eigenvalue weighted by atomic mass is 16.5. The fourth-order valence-corrected chi connectivity index (χ4v) is 3.81. The van der Waals surface area contributed by atoms with E-state index in [1.165, 1.54) is 0 Å². The van der Waals surface area contributed by atoms with Crippen LogP contribution in [0.3, 0.4) is 0 Å². The normalized spacial score (nSPS) is 16.3. The molecule has 0 radical (unpaired) electrons. The molecule has 1 atom stereocenters. The predicted molar refractivity (Wildman–Crippen MR) is 120 cm³/mol. The van der Waals surface area contributed by atoms with E-state index in [1.807, 2.05) is 39.0 Å². The summed E-state index contributed by atoms with van der Waals surface area (Å²) in [7, 11) is 0. The van der Waals surface area contributed by atoms with Crippen molar-refractivity contribution in [3.8, 4) is 6.07 Å². The van der Waals surface area contributed by atoms with Crippen LogP contribution in [-0.4, -0.2) is 41.4 Å². The number of morpholine rings is 1. The largest absolute Gasteiger partial charge is 0.378 e. The summed E-state index contributed by atoms with van der Waals surface area (Å²) in [5, 5.41) is 23.7. The molecule has 156 valence electrons. The van der Waals surface area contributed by atoms with Crippen molar-refractivity contribution < 1.29 is 4.74 Å². The number of nitriles is 1. The van der Waals surface area contributed by atoms with Gasteiger partial charge in [-0.25, -0.2) is 0 Å². The maximum absolute atomic E-state index is 9.36. The molecular weight excluding hydrogens is 374 g/mol. The second kappa shape index (κ2) is 9.55. The van der Waals surface area contributed by atoms with Gasteiger partial charge in [0, 0.05) is 29.2 Å². The lowest BCUT2D eigenvalue weighted by molar-refractivity contribution is 0.0564. The third-order valence-electron chi connectivity index (χ3n) is 5.57. The van der Waals surface area contributed by atoms with Crippen LogP contribution in [0, 0.1) is 25.2 Å². The van der Waals surface area contributed by atoms with Crippen molar-refractivity contribution in [2.75, 3.05) is 31.6 Å². The maximum Gasteiger partial charge on any atom is 0.157 e. The molecular formula is C24H29N5O. The lowest BCUT2D eigenvalue weighted by Gasteiger charge is -2.29. The summed E-state index contributed by atoms with van der Waals surface area (Å²) in [6.07, 6.45) is 4.13. The minimum atomic E-state index is -0.0381. The second-order valence-electron chi connectivity index (χ2n) is 7.48. The van der Waals surface area contributed by atoms with Crippen LogP contribution in [0.5, 0.6) is 0 Å². The number of nitrogens with zero attached hydrogens (tertiary/aromatic N) is 4. The number of benzene rings is 1. The van der Waals surface area contributed by atoms with Gasteiger partial charge in [-0.3, -0.25) is 0 Å². The number of allylic oxidation sites excluding steroid dienone is 1. The summed E-state index contributed by atoms with van der Waals surface area (Å²) in [6.45, 7) is 15.4. The number of aryl methyl sites for hydroxylation is 1. The van der Waals surface area contributed by atoms with Gasteiger partial charge in [0.15, 0.2) is 5.82 Å². The Morgan fingerprint density at radius 3 is 2.67 bits per heavy atom. The van der Waals surface area contributed by atoms with E-state index < -0.39 is 0 Å². The number of nitrogens with one attached hydrogen (secondary N) is 1. The van der Waals surface area contributed by atoms with Gasteiger partial charge < -0.3 is 15.0 Å². The van der Waals surface area contributed by atoms with Crippen molar-refractivity contribution >= 4 is 18.0 Å². The number of hydrogen-bond acceptors (Lipinski definition) is 6. The van der Waals surface area contributed by atoms with Crippen molar-refractivity contribution in [3.05, 3.63) is 63.3 Å². The van der Waals surface area contributed by atoms with Gasteiger partial charge in [-0.2, -0.15) is 10.4 Å². The highest BCUT2D eigenvalue weighted by molar-refractivity contribution is 5.55. The molecule has 0 amide bonds. The summed E-state index contributed by atoms with van der Waals surface area (Å²) in [6, 6.07) is 8.02. The van der Waals surface area contributed by atoms with Crippen molar-refractivity contribution in [2.24, 2.45) is 0 Å². The molecule has 6 heteroatoms. The van der Waals surface area contributed by atoms with E-state index in [9.17, 15) is 5.26 Å². The minimum Gasteiger partial charge on any atom is -0.378 e. The van der Waals surface area contributed by atoms with Crippen LogP contribution >= 0.6 is 0 Å². The Kier molecular flexibility index (Phi) is 6.86. The molecule has 0 unspecified atom stereocenters. The monoisotopic (exact) mass is 403 g/mol. The van der Waals surface area contributed by atoms with Gasteiger partial charge in [0.25, 0.3) is 0 Å². The fourth-order valence-electron chi connectivity index (χ4n) is 3.81. The Hall–Kier alpha value is -3.17. The van der Waals surface area contributed by atoms with E-state index in [4.69, 9.17) is 4.74 Å². The first-order valence-electron chi connectivity index (χ1n) is 10.2. The van der Waals surface area contributed by atoms with Crippen LogP contribution in [-0.2, 0) is 4.74 Å². The van der Waals surface area contributed by atoms with Crippen LogP contribution < -0.4 is 15.8 Å². The zero-order valence-electron chi connectivity index (χ0n) is 18.2. The van der Waals surface area contributed by atoms with Crippen LogP contribution in [0.4, 0.5) is 5.82 Å². The number of ether oxygens (including phenoxy) is 1. The van der Waals surface area contributed by atoms with E-state index in [0.29, 0.717) is 24.6 Å². The molecule has 0 aliphatic carbocycles. The average molecular weight is 404 g/mol. The average Bonchev–Trinajstić information content (AvgIpc) is 2.76. The highest BCUT2D eigenvalue weighted by Crippen LogP contribution is 2.22. The number of rotatable bonds is 5. The zero-order chi connectivity index (χ0) is 21.7. The Morgan fingerprint density at radius 2 is 2.00 bits per heavy atom. The molecule has 30 heavy (non-hydrogen) atoms. The fraction of sp³-hybridized carbons (Fsp3) is 0.375. The number of aromatic nitrogens is 2. The number of hydrogen-bond donors (Lipinski definition) is 1. The molecule has 0 bridgehead atoms. The SMILES string of the molecule is C=C(/C=c1/c(N[C@H](C)c2cccc(C#N)c2C)nnc(C)/c1=C/C)N1CCOCC1. The third-order valence-corrected chi connectivity index (χ3v) is 5.57. The molecule has 1 N–H and O–H groups in total. The van der Waals surface area contributed by atoms with Gasteiger partial charge in [-0.05, 0) is 51.0 Å². The van der Waals surface area contributed by atoms with Crippen LogP contribution in [0.1, 0.15) is 42.3 Å². The quantitative estimate of drug-likeness (QED) is 0.827. The van der Waals surface area contributed by atoms with Gasteiger partial charge in [-0.15, -0.1) is 5.10 Å². The van der Waals surface area contributed by atoms with E-state index in [0.717, 1.165) is 46.0 Å². The molecule has 0 spiro atoms. The lowest BCUT2D eigenvalue weighted by atomic mass is 9.98. The van der Waals surface area contributed by atoms with E-state index in [-0.39, 0.29) is 6.04 Å². The summed E-state index contributed by atoms with van der Waals surface area (Å²) in [4.78, 5) is 2.23. The molecule has 2 heterocycles. The van der Waals surface area contributed by atoms with E-state index in [1.54, 1.807) is 0 Å². The molecule has 1 saturated heterocycles. The van der Waals surface area contributed by atoms with Crippen LogP contribution in [0.2, 0.25) is 0 Å². The molecule has 1 aromatic heterocycles. The molecule has 2 aromatic rings. The summed E-state index contributed by atoms with van der Waals surface area (Å²) >= 11 is 0. The molecule has 6 nitrogen and oxygen atoms in total.